The molecule has 0 saturated heterocycles. The van der Waals surface area contributed by atoms with Crippen molar-refractivity contribution in [1.29, 1.82) is 0 Å². The molecular formula is C28H35N5O3S. The third kappa shape index (κ3) is 6.41. The molecule has 2 atom stereocenters. The first-order valence-electron chi connectivity index (χ1n) is 12.5. The minimum atomic E-state index is 0.235. The maximum absolute atomic E-state index is 9.61. The minimum Gasteiger partial charge on any atom is -0.496 e. The molecule has 0 spiro atoms. The van der Waals surface area contributed by atoms with E-state index >= 15 is 0 Å². The number of fused-ring (bicyclic) bond motifs is 1. The van der Waals surface area contributed by atoms with Gasteiger partial charge >= 0.3 is 0 Å². The van der Waals surface area contributed by atoms with Gasteiger partial charge in [-0.05, 0) is 49.8 Å². The zero-order valence-electron chi connectivity index (χ0n) is 21.6. The first-order valence-corrected chi connectivity index (χ1v) is 13.5. The molecule has 1 fully saturated rings. The molecule has 4 N–H and O–H groups in total. The van der Waals surface area contributed by atoms with Crippen molar-refractivity contribution in [3.8, 4) is 5.75 Å². The van der Waals surface area contributed by atoms with Gasteiger partial charge in [0.15, 0.2) is 0 Å². The van der Waals surface area contributed by atoms with Gasteiger partial charge in [-0.2, -0.15) is 4.98 Å². The Hall–Kier alpha value is -3.14. The van der Waals surface area contributed by atoms with Gasteiger partial charge in [-0.3, -0.25) is 0 Å². The number of thioether (sulfide) groups is 1. The monoisotopic (exact) mass is 521 g/mol. The first-order chi connectivity index (χ1) is 18.1. The lowest BCUT2D eigenvalue weighted by Gasteiger charge is -2.22. The van der Waals surface area contributed by atoms with Crippen LogP contribution in [0.15, 0.2) is 53.5 Å². The Morgan fingerprint density at radius 3 is 2.62 bits per heavy atom. The lowest BCUT2D eigenvalue weighted by Crippen LogP contribution is -2.21. The van der Waals surface area contributed by atoms with Crippen molar-refractivity contribution in [3.63, 3.8) is 0 Å². The van der Waals surface area contributed by atoms with Crippen LogP contribution in [0.1, 0.15) is 41.6 Å². The summed E-state index contributed by atoms with van der Waals surface area (Å²) in [7, 11) is 2.68. The quantitative estimate of drug-likeness (QED) is 0.331. The fourth-order valence-corrected chi connectivity index (χ4v) is 5.85. The molecule has 0 bridgehead atoms. The number of hydrogen-bond donors (Lipinski definition) is 4. The van der Waals surface area contributed by atoms with Gasteiger partial charge < -0.3 is 25.6 Å². The van der Waals surface area contributed by atoms with E-state index in [-0.39, 0.29) is 12.6 Å². The van der Waals surface area contributed by atoms with Crippen LogP contribution in [0.2, 0.25) is 0 Å². The summed E-state index contributed by atoms with van der Waals surface area (Å²) in [5.41, 5.74) is 5.13. The molecular weight excluding hydrogens is 486 g/mol. The molecule has 2 unspecified atom stereocenters. The number of nitrogens with zero attached hydrogens (tertiary/aromatic N) is 3. The van der Waals surface area contributed by atoms with Crippen LogP contribution in [-0.2, 0) is 12.3 Å². The number of nitrogens with one attached hydrogen (secondary N) is 2. The highest BCUT2D eigenvalue weighted by atomic mass is 32.2. The number of aromatic nitrogens is 2. The third-order valence-corrected chi connectivity index (χ3v) is 7.68. The average molecular weight is 522 g/mol. The zero-order chi connectivity index (χ0) is 26.2. The van der Waals surface area contributed by atoms with E-state index in [0.717, 1.165) is 71.2 Å². The van der Waals surface area contributed by atoms with Crippen LogP contribution in [0, 0.1) is 12.8 Å². The second-order valence-electron chi connectivity index (χ2n) is 9.06. The van der Waals surface area contributed by atoms with Crippen molar-refractivity contribution in [2.45, 2.75) is 44.5 Å². The summed E-state index contributed by atoms with van der Waals surface area (Å²) in [6.45, 7) is 2.81. The summed E-state index contributed by atoms with van der Waals surface area (Å²) in [6, 6.07) is 16.5. The summed E-state index contributed by atoms with van der Waals surface area (Å²) in [6.07, 6.45) is 2.97. The summed E-state index contributed by atoms with van der Waals surface area (Å²) < 4.78 is 5.49. The average Bonchev–Trinajstić information content (AvgIpc) is 3.40. The Kier molecular flexibility index (Phi) is 9.38. The molecule has 3 aromatic rings. The number of aliphatic hydroxyl groups excluding tert-OH is 2. The molecule has 5 rings (SSSR count). The molecule has 2 aromatic carbocycles. The van der Waals surface area contributed by atoms with E-state index < -0.39 is 0 Å². The number of anilines is 2. The van der Waals surface area contributed by atoms with Gasteiger partial charge in [0.1, 0.15) is 16.6 Å². The first kappa shape index (κ1) is 26.9. The number of aliphatic hydroxyl groups is 2. The SMILES string of the molecule is CO.COc1ccccc1CNc1nc(C)c(C2=Nc3ccccc3CS2)c(NC2CCC(CO)C2)n1. The van der Waals surface area contributed by atoms with Crippen molar-refractivity contribution in [1.82, 2.24) is 9.97 Å². The van der Waals surface area contributed by atoms with Crippen molar-refractivity contribution >= 4 is 34.3 Å². The van der Waals surface area contributed by atoms with Crippen LogP contribution in [0.3, 0.4) is 0 Å². The van der Waals surface area contributed by atoms with Crippen LogP contribution < -0.4 is 15.4 Å². The standard InChI is InChI=1S/C27H31N5O2S.CH4O/c1-17-24(26-31-22-9-5-3-8-20(22)16-35-26)25(30-21-12-11-18(13-21)15-33)32-27(29-17)28-14-19-7-4-6-10-23(19)34-2;1-2/h3-10,18,21,33H,11-16H2,1-2H3,(H2,28,29,30,32);2H,1H3. The van der Waals surface area contributed by atoms with Crippen LogP contribution in [0.25, 0.3) is 0 Å². The van der Waals surface area contributed by atoms with E-state index in [1.54, 1.807) is 18.9 Å². The van der Waals surface area contributed by atoms with Crippen molar-refractivity contribution in [3.05, 3.63) is 70.9 Å². The lowest BCUT2D eigenvalue weighted by atomic mass is 10.1. The summed E-state index contributed by atoms with van der Waals surface area (Å²) in [4.78, 5) is 14.7. The molecule has 196 valence electrons. The van der Waals surface area contributed by atoms with Gasteiger partial charge in [0, 0.05) is 37.6 Å². The number of methoxy groups -OCH3 is 1. The number of ether oxygens (including phenoxy) is 1. The molecule has 0 radical (unpaired) electrons. The van der Waals surface area contributed by atoms with E-state index in [4.69, 9.17) is 24.8 Å². The highest BCUT2D eigenvalue weighted by Crippen LogP contribution is 2.37. The number of benzene rings is 2. The number of hydrogen-bond acceptors (Lipinski definition) is 9. The summed E-state index contributed by atoms with van der Waals surface area (Å²) in [5, 5.41) is 24.6. The highest BCUT2D eigenvalue weighted by Gasteiger charge is 2.27. The fourth-order valence-electron chi connectivity index (χ4n) is 4.76. The normalized spacial score (nSPS) is 18.2. The van der Waals surface area contributed by atoms with E-state index in [1.165, 1.54) is 5.56 Å². The second kappa shape index (κ2) is 12.9. The molecule has 8 nitrogen and oxygen atoms in total. The van der Waals surface area contributed by atoms with Crippen molar-refractivity contribution in [2.75, 3.05) is 31.5 Å². The third-order valence-electron chi connectivity index (χ3n) is 6.65. The van der Waals surface area contributed by atoms with Gasteiger partial charge in [-0.1, -0.05) is 36.4 Å². The number of para-hydroxylation sites is 2. The van der Waals surface area contributed by atoms with Gasteiger partial charge in [0.2, 0.25) is 5.95 Å². The molecule has 37 heavy (non-hydrogen) atoms. The highest BCUT2D eigenvalue weighted by molar-refractivity contribution is 8.13. The number of aryl methyl sites for hydroxylation is 1. The summed E-state index contributed by atoms with van der Waals surface area (Å²) >= 11 is 1.72. The van der Waals surface area contributed by atoms with Crippen LogP contribution in [0.4, 0.5) is 17.5 Å². The minimum absolute atomic E-state index is 0.235. The number of rotatable bonds is 8. The van der Waals surface area contributed by atoms with Gasteiger partial charge in [-0.15, -0.1) is 11.8 Å². The lowest BCUT2D eigenvalue weighted by molar-refractivity contribution is 0.229. The largest absolute Gasteiger partial charge is 0.496 e. The fraction of sp³-hybridized carbons (Fsp3) is 0.393. The molecule has 1 aliphatic carbocycles. The predicted octanol–water partition coefficient (Wildman–Crippen LogP) is 4.91. The van der Waals surface area contributed by atoms with Gasteiger partial charge in [0.05, 0.1) is 24.1 Å². The maximum atomic E-state index is 9.61. The van der Waals surface area contributed by atoms with Gasteiger partial charge in [-0.25, -0.2) is 9.98 Å². The second-order valence-corrected chi connectivity index (χ2v) is 10.0. The zero-order valence-corrected chi connectivity index (χ0v) is 22.4. The van der Waals surface area contributed by atoms with Crippen molar-refractivity contribution < 1.29 is 14.9 Å². The van der Waals surface area contributed by atoms with E-state index in [2.05, 4.69) is 28.8 Å². The predicted molar refractivity (Wildman–Crippen MR) is 151 cm³/mol. The topological polar surface area (TPSA) is 112 Å². The van der Waals surface area contributed by atoms with E-state index in [0.29, 0.717) is 18.4 Å². The molecule has 1 aliphatic heterocycles. The van der Waals surface area contributed by atoms with Crippen molar-refractivity contribution in [2.24, 2.45) is 10.9 Å². The Morgan fingerprint density at radius 2 is 1.84 bits per heavy atom. The molecule has 1 saturated carbocycles. The van der Waals surface area contributed by atoms with E-state index in [1.807, 2.05) is 37.3 Å². The maximum Gasteiger partial charge on any atom is 0.225 e. The van der Waals surface area contributed by atoms with E-state index in [9.17, 15) is 5.11 Å². The Balaban J connectivity index is 0.00000156. The van der Waals surface area contributed by atoms with Crippen LogP contribution >= 0.6 is 11.8 Å². The molecule has 0 amide bonds. The summed E-state index contributed by atoms with van der Waals surface area (Å²) in [5.74, 6) is 3.42. The molecule has 1 aromatic heterocycles. The Morgan fingerprint density at radius 1 is 1.05 bits per heavy atom. The van der Waals surface area contributed by atoms with Crippen LogP contribution in [-0.4, -0.2) is 52.1 Å². The number of aliphatic imine (C=N–C) groups is 1. The molecule has 2 heterocycles. The Labute approximate surface area is 222 Å². The van der Waals surface area contributed by atoms with Crippen LogP contribution in [0.5, 0.6) is 5.75 Å². The smallest absolute Gasteiger partial charge is 0.225 e. The Bertz CT molecular complexity index is 1240. The molecule has 2 aliphatic rings. The van der Waals surface area contributed by atoms with Gasteiger partial charge in [0.25, 0.3) is 0 Å². The molecule has 9 heteroatoms.